The summed E-state index contributed by atoms with van der Waals surface area (Å²) in [6, 6.07) is 2.01. The highest BCUT2D eigenvalue weighted by molar-refractivity contribution is 5.62. The van der Waals surface area contributed by atoms with Crippen molar-refractivity contribution >= 4 is 5.82 Å². The number of nitrogens with one attached hydrogen (secondary N) is 1. The standard InChI is InChI=1S/C17H24N4/c1-5-9-19-16-12(4)15(7-3)20-17(21-16)14-8-10-18-11-13(14)6-2/h8,10-11H,5-7,9H2,1-4H3,(H,19,20,21). The lowest BCUT2D eigenvalue weighted by Crippen LogP contribution is -2.09. The zero-order chi connectivity index (χ0) is 15.2. The summed E-state index contributed by atoms with van der Waals surface area (Å²) in [5.74, 6) is 1.76. The quantitative estimate of drug-likeness (QED) is 0.876. The van der Waals surface area contributed by atoms with Crippen molar-refractivity contribution in [1.29, 1.82) is 0 Å². The average molecular weight is 284 g/mol. The minimum absolute atomic E-state index is 0.801. The van der Waals surface area contributed by atoms with Crippen molar-refractivity contribution < 1.29 is 0 Å². The molecule has 0 aliphatic rings. The molecule has 4 heteroatoms. The minimum atomic E-state index is 0.801. The molecule has 0 radical (unpaired) electrons. The number of aromatic nitrogens is 3. The second-order valence-corrected chi connectivity index (χ2v) is 5.13. The Balaban J connectivity index is 2.53. The fraction of sp³-hybridized carbons (Fsp3) is 0.471. The molecule has 0 bridgehead atoms. The Hall–Kier alpha value is -1.97. The van der Waals surface area contributed by atoms with Crippen molar-refractivity contribution in [3.8, 4) is 11.4 Å². The highest BCUT2D eigenvalue weighted by atomic mass is 15.0. The van der Waals surface area contributed by atoms with E-state index in [2.05, 4.69) is 38.0 Å². The van der Waals surface area contributed by atoms with E-state index in [0.717, 1.165) is 54.3 Å². The van der Waals surface area contributed by atoms with Crippen LogP contribution in [0.15, 0.2) is 18.5 Å². The Morgan fingerprint density at radius 2 is 1.90 bits per heavy atom. The molecule has 21 heavy (non-hydrogen) atoms. The number of hydrogen-bond acceptors (Lipinski definition) is 4. The summed E-state index contributed by atoms with van der Waals surface area (Å²) >= 11 is 0. The van der Waals surface area contributed by atoms with Crippen molar-refractivity contribution in [2.75, 3.05) is 11.9 Å². The van der Waals surface area contributed by atoms with Crippen molar-refractivity contribution in [2.24, 2.45) is 0 Å². The smallest absolute Gasteiger partial charge is 0.162 e. The van der Waals surface area contributed by atoms with Crippen LogP contribution in [0.5, 0.6) is 0 Å². The lowest BCUT2D eigenvalue weighted by atomic mass is 10.1. The van der Waals surface area contributed by atoms with Crippen molar-refractivity contribution in [3.63, 3.8) is 0 Å². The fourth-order valence-corrected chi connectivity index (χ4v) is 2.37. The van der Waals surface area contributed by atoms with Crippen LogP contribution in [0.25, 0.3) is 11.4 Å². The number of rotatable bonds is 6. The molecular formula is C17H24N4. The van der Waals surface area contributed by atoms with Crippen LogP contribution < -0.4 is 5.32 Å². The van der Waals surface area contributed by atoms with Gasteiger partial charge in [-0.1, -0.05) is 20.8 Å². The molecule has 2 heterocycles. The molecule has 0 saturated heterocycles. The molecule has 0 amide bonds. The van der Waals surface area contributed by atoms with Gasteiger partial charge >= 0.3 is 0 Å². The third-order valence-corrected chi connectivity index (χ3v) is 3.65. The molecule has 1 N–H and O–H groups in total. The van der Waals surface area contributed by atoms with Gasteiger partial charge in [0.2, 0.25) is 0 Å². The molecule has 0 aliphatic carbocycles. The highest BCUT2D eigenvalue weighted by Gasteiger charge is 2.13. The van der Waals surface area contributed by atoms with Crippen LogP contribution in [0.2, 0.25) is 0 Å². The minimum Gasteiger partial charge on any atom is -0.370 e. The first-order chi connectivity index (χ1) is 10.2. The second-order valence-electron chi connectivity index (χ2n) is 5.13. The van der Waals surface area contributed by atoms with E-state index < -0.39 is 0 Å². The predicted octanol–water partition coefficient (Wildman–Crippen LogP) is 3.79. The first-order valence-electron chi connectivity index (χ1n) is 7.75. The molecule has 2 aromatic heterocycles. The van der Waals surface area contributed by atoms with Gasteiger partial charge in [0.1, 0.15) is 5.82 Å². The number of pyridine rings is 1. The third-order valence-electron chi connectivity index (χ3n) is 3.65. The zero-order valence-electron chi connectivity index (χ0n) is 13.4. The molecule has 0 unspecified atom stereocenters. The molecule has 0 saturated carbocycles. The van der Waals surface area contributed by atoms with Gasteiger partial charge in [0, 0.05) is 35.8 Å². The van der Waals surface area contributed by atoms with Crippen LogP contribution >= 0.6 is 0 Å². The summed E-state index contributed by atoms with van der Waals surface area (Å²) in [6.07, 6.45) is 6.63. The van der Waals surface area contributed by atoms with Gasteiger partial charge in [-0.15, -0.1) is 0 Å². The van der Waals surface area contributed by atoms with E-state index in [4.69, 9.17) is 9.97 Å². The van der Waals surface area contributed by atoms with E-state index in [9.17, 15) is 0 Å². The first-order valence-corrected chi connectivity index (χ1v) is 7.75. The maximum absolute atomic E-state index is 4.76. The van der Waals surface area contributed by atoms with Crippen LogP contribution in [-0.2, 0) is 12.8 Å². The molecule has 2 rings (SSSR count). The molecule has 0 aromatic carbocycles. The van der Waals surface area contributed by atoms with Gasteiger partial charge in [0.15, 0.2) is 5.82 Å². The number of hydrogen-bond donors (Lipinski definition) is 1. The largest absolute Gasteiger partial charge is 0.370 e. The molecule has 4 nitrogen and oxygen atoms in total. The van der Waals surface area contributed by atoms with E-state index >= 15 is 0 Å². The van der Waals surface area contributed by atoms with Crippen molar-refractivity contribution in [3.05, 3.63) is 35.3 Å². The lowest BCUT2D eigenvalue weighted by Gasteiger charge is -2.14. The van der Waals surface area contributed by atoms with E-state index in [1.807, 2.05) is 18.5 Å². The molecule has 0 atom stereocenters. The lowest BCUT2D eigenvalue weighted by molar-refractivity contribution is 0.934. The van der Waals surface area contributed by atoms with E-state index in [0.29, 0.717) is 0 Å². The molecule has 0 spiro atoms. The SMILES string of the molecule is CCCNc1nc(-c2ccncc2CC)nc(CC)c1C. The van der Waals surface area contributed by atoms with Crippen LogP contribution in [0.1, 0.15) is 44.0 Å². The Bertz CT molecular complexity index is 608. The van der Waals surface area contributed by atoms with Gasteiger partial charge in [-0.05, 0) is 37.8 Å². The van der Waals surface area contributed by atoms with E-state index in [1.54, 1.807) is 0 Å². The summed E-state index contributed by atoms with van der Waals surface area (Å²) < 4.78 is 0. The summed E-state index contributed by atoms with van der Waals surface area (Å²) in [5, 5.41) is 3.42. The number of aryl methyl sites for hydroxylation is 2. The predicted molar refractivity (Wildman–Crippen MR) is 87.5 cm³/mol. The monoisotopic (exact) mass is 284 g/mol. The normalized spacial score (nSPS) is 10.7. The first kappa shape index (κ1) is 15.4. The van der Waals surface area contributed by atoms with Crippen LogP contribution in [0.4, 0.5) is 5.82 Å². The van der Waals surface area contributed by atoms with Crippen LogP contribution in [0.3, 0.4) is 0 Å². The number of nitrogens with zero attached hydrogens (tertiary/aromatic N) is 3. The van der Waals surface area contributed by atoms with Crippen LogP contribution in [-0.4, -0.2) is 21.5 Å². The average Bonchev–Trinajstić information content (AvgIpc) is 2.53. The Kier molecular flexibility index (Phi) is 5.26. The zero-order valence-corrected chi connectivity index (χ0v) is 13.4. The summed E-state index contributed by atoms with van der Waals surface area (Å²) in [6.45, 7) is 9.44. The molecule has 0 fully saturated rings. The van der Waals surface area contributed by atoms with E-state index in [1.165, 1.54) is 5.56 Å². The topological polar surface area (TPSA) is 50.7 Å². The van der Waals surface area contributed by atoms with Gasteiger partial charge in [0.05, 0.1) is 0 Å². The Morgan fingerprint density at radius 1 is 1.10 bits per heavy atom. The van der Waals surface area contributed by atoms with Crippen molar-refractivity contribution in [1.82, 2.24) is 15.0 Å². The third kappa shape index (κ3) is 3.38. The van der Waals surface area contributed by atoms with Crippen molar-refractivity contribution in [2.45, 2.75) is 47.0 Å². The van der Waals surface area contributed by atoms with Gasteiger partial charge in [-0.25, -0.2) is 9.97 Å². The van der Waals surface area contributed by atoms with Gasteiger partial charge in [-0.3, -0.25) is 4.98 Å². The highest BCUT2D eigenvalue weighted by Crippen LogP contribution is 2.25. The van der Waals surface area contributed by atoms with Gasteiger partial charge < -0.3 is 5.32 Å². The molecule has 2 aromatic rings. The van der Waals surface area contributed by atoms with Gasteiger partial charge in [0.25, 0.3) is 0 Å². The molecule has 0 aliphatic heterocycles. The fourth-order valence-electron chi connectivity index (χ4n) is 2.37. The second kappa shape index (κ2) is 7.16. The summed E-state index contributed by atoms with van der Waals surface area (Å²) in [4.78, 5) is 13.7. The number of anilines is 1. The molecular weight excluding hydrogens is 260 g/mol. The maximum atomic E-state index is 4.76. The Labute approximate surface area is 127 Å². The van der Waals surface area contributed by atoms with Crippen LogP contribution in [0, 0.1) is 6.92 Å². The molecule has 112 valence electrons. The maximum Gasteiger partial charge on any atom is 0.162 e. The Morgan fingerprint density at radius 3 is 2.57 bits per heavy atom. The summed E-state index contributed by atoms with van der Waals surface area (Å²) in [7, 11) is 0. The summed E-state index contributed by atoms with van der Waals surface area (Å²) in [5.41, 5.74) is 4.53. The van der Waals surface area contributed by atoms with E-state index in [-0.39, 0.29) is 0 Å². The van der Waals surface area contributed by atoms with Gasteiger partial charge in [-0.2, -0.15) is 0 Å².